The molecule has 3 aromatic heterocycles. The number of hydrogen-bond donors (Lipinski definition) is 0. The normalized spacial score (nSPS) is 15.2. The molecule has 0 amide bonds. The summed E-state index contributed by atoms with van der Waals surface area (Å²) >= 11 is 1.84. The smallest absolute Gasteiger partial charge is 0.195 e. The Hall–Kier alpha value is -1.55. The Morgan fingerprint density at radius 3 is 3.06 bits per heavy atom. The van der Waals surface area contributed by atoms with Crippen LogP contribution < -0.4 is 0 Å². The van der Waals surface area contributed by atoms with Gasteiger partial charge in [0.05, 0.1) is 12.0 Å². The Kier molecular flexibility index (Phi) is 2.14. The van der Waals surface area contributed by atoms with E-state index >= 15 is 0 Å². The van der Waals surface area contributed by atoms with E-state index in [2.05, 4.69) is 11.3 Å². The lowest BCUT2D eigenvalue weighted by atomic mass is 10.0. The second-order valence-corrected chi connectivity index (χ2v) is 5.88. The number of furan rings is 1. The van der Waals surface area contributed by atoms with Crippen LogP contribution in [-0.2, 0) is 12.8 Å². The van der Waals surface area contributed by atoms with E-state index in [1.807, 2.05) is 23.5 Å². The standard InChI is InChI=1S/C14H14N2OS/c1-9-13(11-6-4-8-17-11)15-14-16(9)10-5-2-3-7-12(10)18-14/h4,6,8H,2-3,5,7H2,1H3. The zero-order chi connectivity index (χ0) is 12.1. The Morgan fingerprint density at radius 2 is 2.22 bits per heavy atom. The van der Waals surface area contributed by atoms with Crippen molar-refractivity contribution in [1.29, 1.82) is 0 Å². The minimum atomic E-state index is 0.868. The van der Waals surface area contributed by atoms with Gasteiger partial charge < -0.3 is 4.42 Å². The lowest BCUT2D eigenvalue weighted by Crippen LogP contribution is -2.03. The van der Waals surface area contributed by atoms with Crippen LogP contribution in [0.4, 0.5) is 0 Å². The minimum absolute atomic E-state index is 0.868. The topological polar surface area (TPSA) is 30.4 Å². The van der Waals surface area contributed by atoms with Gasteiger partial charge >= 0.3 is 0 Å². The summed E-state index contributed by atoms with van der Waals surface area (Å²) in [6.45, 7) is 2.14. The molecule has 1 aliphatic rings. The summed E-state index contributed by atoms with van der Waals surface area (Å²) in [5.74, 6) is 0.868. The molecule has 0 saturated carbocycles. The second kappa shape index (κ2) is 3.72. The van der Waals surface area contributed by atoms with E-state index in [4.69, 9.17) is 9.40 Å². The minimum Gasteiger partial charge on any atom is -0.463 e. The van der Waals surface area contributed by atoms with Crippen molar-refractivity contribution in [3.8, 4) is 11.5 Å². The van der Waals surface area contributed by atoms with E-state index in [1.54, 1.807) is 6.26 Å². The van der Waals surface area contributed by atoms with Gasteiger partial charge in [-0.25, -0.2) is 4.98 Å². The van der Waals surface area contributed by atoms with Gasteiger partial charge in [-0.3, -0.25) is 4.40 Å². The van der Waals surface area contributed by atoms with Crippen molar-refractivity contribution in [3.63, 3.8) is 0 Å². The third kappa shape index (κ3) is 1.32. The van der Waals surface area contributed by atoms with Crippen molar-refractivity contribution in [3.05, 3.63) is 34.7 Å². The van der Waals surface area contributed by atoms with E-state index in [0.717, 1.165) is 16.4 Å². The molecular formula is C14H14N2OS. The van der Waals surface area contributed by atoms with Crippen LogP contribution >= 0.6 is 11.3 Å². The van der Waals surface area contributed by atoms with Crippen molar-refractivity contribution in [2.45, 2.75) is 32.6 Å². The molecule has 0 fully saturated rings. The highest BCUT2D eigenvalue weighted by Crippen LogP contribution is 2.34. The van der Waals surface area contributed by atoms with E-state index in [1.165, 1.54) is 41.9 Å². The Morgan fingerprint density at radius 1 is 1.33 bits per heavy atom. The number of aryl methyl sites for hydroxylation is 3. The number of hydrogen-bond acceptors (Lipinski definition) is 3. The largest absolute Gasteiger partial charge is 0.463 e. The van der Waals surface area contributed by atoms with E-state index < -0.39 is 0 Å². The maximum Gasteiger partial charge on any atom is 0.195 e. The van der Waals surface area contributed by atoms with Crippen LogP contribution in [0.2, 0.25) is 0 Å². The van der Waals surface area contributed by atoms with Crippen molar-refractivity contribution >= 4 is 16.3 Å². The molecule has 0 unspecified atom stereocenters. The van der Waals surface area contributed by atoms with Crippen LogP contribution in [0.3, 0.4) is 0 Å². The average molecular weight is 258 g/mol. The predicted octanol–water partition coefficient (Wildman–Crippen LogP) is 3.84. The molecule has 1 aliphatic carbocycles. The van der Waals surface area contributed by atoms with Gasteiger partial charge in [-0.15, -0.1) is 11.3 Å². The van der Waals surface area contributed by atoms with Gasteiger partial charge in [-0.2, -0.15) is 0 Å². The first kappa shape index (κ1) is 10.4. The first-order valence-electron chi connectivity index (χ1n) is 6.38. The third-order valence-corrected chi connectivity index (χ3v) is 4.85. The summed E-state index contributed by atoms with van der Waals surface area (Å²) < 4.78 is 7.80. The third-order valence-electron chi connectivity index (χ3n) is 3.71. The highest BCUT2D eigenvalue weighted by atomic mass is 32.1. The molecule has 0 saturated heterocycles. The molecule has 3 nitrogen and oxygen atoms in total. The number of rotatable bonds is 1. The van der Waals surface area contributed by atoms with Crippen molar-refractivity contribution < 1.29 is 4.42 Å². The number of fused-ring (bicyclic) bond motifs is 3. The van der Waals surface area contributed by atoms with E-state index in [0.29, 0.717) is 0 Å². The van der Waals surface area contributed by atoms with Crippen LogP contribution in [0.1, 0.15) is 29.1 Å². The Labute approximate surface area is 109 Å². The Bertz CT molecular complexity index is 706. The van der Waals surface area contributed by atoms with E-state index in [9.17, 15) is 0 Å². The van der Waals surface area contributed by atoms with Crippen molar-refractivity contribution in [2.24, 2.45) is 0 Å². The zero-order valence-electron chi connectivity index (χ0n) is 10.3. The number of thiazole rings is 1. The first-order chi connectivity index (χ1) is 8.84. The number of nitrogens with zero attached hydrogens (tertiary/aromatic N) is 2. The van der Waals surface area contributed by atoms with Gasteiger partial charge in [0.1, 0.15) is 5.69 Å². The lowest BCUT2D eigenvalue weighted by Gasteiger charge is -2.11. The molecule has 92 valence electrons. The molecule has 0 aromatic carbocycles. The van der Waals surface area contributed by atoms with Gasteiger partial charge in [-0.05, 0) is 44.7 Å². The Balaban J connectivity index is 1.98. The molecule has 0 radical (unpaired) electrons. The summed E-state index contributed by atoms with van der Waals surface area (Å²) in [7, 11) is 0. The number of imidazole rings is 1. The van der Waals surface area contributed by atoms with Crippen molar-refractivity contribution in [1.82, 2.24) is 9.38 Å². The van der Waals surface area contributed by atoms with Crippen LogP contribution in [0.25, 0.3) is 16.4 Å². The fraction of sp³-hybridized carbons (Fsp3) is 0.357. The summed E-state index contributed by atoms with van der Waals surface area (Å²) in [5, 5.41) is 0. The lowest BCUT2D eigenvalue weighted by molar-refractivity contribution is 0.580. The highest BCUT2D eigenvalue weighted by Gasteiger charge is 2.21. The number of aromatic nitrogens is 2. The molecule has 0 spiro atoms. The fourth-order valence-corrected chi connectivity index (χ4v) is 4.08. The van der Waals surface area contributed by atoms with Crippen LogP contribution in [0, 0.1) is 6.92 Å². The molecule has 0 aliphatic heterocycles. The summed E-state index contributed by atoms with van der Waals surface area (Å²) in [4.78, 5) is 7.39. The molecule has 3 aromatic rings. The van der Waals surface area contributed by atoms with Gasteiger partial charge in [-0.1, -0.05) is 0 Å². The SMILES string of the molecule is Cc1c(-c2ccco2)nc2sc3c(n12)CCCC3. The van der Waals surface area contributed by atoms with Gasteiger partial charge in [0.2, 0.25) is 0 Å². The maximum absolute atomic E-state index is 5.47. The van der Waals surface area contributed by atoms with Crippen LogP contribution in [-0.4, -0.2) is 9.38 Å². The molecule has 0 atom stereocenters. The molecule has 3 heterocycles. The molecule has 4 heteroatoms. The monoisotopic (exact) mass is 258 g/mol. The molecule has 0 bridgehead atoms. The predicted molar refractivity (Wildman–Crippen MR) is 72.2 cm³/mol. The quantitative estimate of drug-likeness (QED) is 0.664. The van der Waals surface area contributed by atoms with Gasteiger partial charge in [0, 0.05) is 10.6 Å². The zero-order valence-corrected chi connectivity index (χ0v) is 11.1. The molecule has 0 N–H and O–H groups in total. The molecular weight excluding hydrogens is 244 g/mol. The van der Waals surface area contributed by atoms with Gasteiger partial charge in [0.15, 0.2) is 10.7 Å². The van der Waals surface area contributed by atoms with Crippen LogP contribution in [0.5, 0.6) is 0 Å². The molecule has 4 rings (SSSR count). The summed E-state index contributed by atoms with van der Waals surface area (Å²) in [6, 6.07) is 3.89. The summed E-state index contributed by atoms with van der Waals surface area (Å²) in [5.41, 5.74) is 3.67. The second-order valence-electron chi connectivity index (χ2n) is 4.82. The van der Waals surface area contributed by atoms with Crippen molar-refractivity contribution in [2.75, 3.05) is 0 Å². The van der Waals surface area contributed by atoms with E-state index in [-0.39, 0.29) is 0 Å². The first-order valence-corrected chi connectivity index (χ1v) is 7.20. The molecule has 18 heavy (non-hydrogen) atoms. The average Bonchev–Trinajstić information content (AvgIpc) is 3.05. The van der Waals surface area contributed by atoms with Crippen LogP contribution in [0.15, 0.2) is 22.8 Å². The maximum atomic E-state index is 5.47. The summed E-state index contributed by atoms with van der Waals surface area (Å²) in [6.07, 6.45) is 6.73. The van der Waals surface area contributed by atoms with Gasteiger partial charge in [0.25, 0.3) is 0 Å². The fourth-order valence-electron chi connectivity index (χ4n) is 2.83. The highest BCUT2D eigenvalue weighted by molar-refractivity contribution is 7.17.